The first-order valence-electron chi connectivity index (χ1n) is 8.35. The highest BCUT2D eigenvalue weighted by Crippen LogP contribution is 2.41. The van der Waals surface area contributed by atoms with E-state index in [0.29, 0.717) is 0 Å². The minimum absolute atomic E-state index is 0. The summed E-state index contributed by atoms with van der Waals surface area (Å²) in [6.45, 7) is 4.32. The molecular formula is C20H20Cl2N2S2. The molecule has 1 N–H and O–H groups in total. The van der Waals surface area contributed by atoms with E-state index >= 15 is 0 Å². The molecule has 5 rings (SSSR count). The number of hydrogen-bond acceptors (Lipinski definition) is 4. The zero-order chi connectivity index (χ0) is 15.9. The van der Waals surface area contributed by atoms with E-state index in [4.69, 9.17) is 0 Å². The van der Waals surface area contributed by atoms with Gasteiger partial charge in [-0.15, -0.1) is 47.5 Å². The summed E-state index contributed by atoms with van der Waals surface area (Å²) < 4.78 is 2.75. The zero-order valence-electron chi connectivity index (χ0n) is 14.1. The first kappa shape index (κ1) is 19.5. The van der Waals surface area contributed by atoms with Crippen LogP contribution < -0.4 is 10.2 Å². The maximum atomic E-state index is 3.44. The number of nitrogens with zero attached hydrogens (tertiary/aromatic N) is 1. The maximum absolute atomic E-state index is 3.44. The summed E-state index contributed by atoms with van der Waals surface area (Å²) in [5, 5.41) is 8.40. The molecule has 1 aliphatic rings. The average Bonchev–Trinajstić information content (AvgIpc) is 3.28. The van der Waals surface area contributed by atoms with Gasteiger partial charge in [0.15, 0.2) is 0 Å². The monoisotopic (exact) mass is 422 g/mol. The van der Waals surface area contributed by atoms with Crippen molar-refractivity contribution >= 4 is 73.3 Å². The number of rotatable bonds is 2. The lowest BCUT2D eigenvalue weighted by Gasteiger charge is -2.30. The van der Waals surface area contributed by atoms with Crippen LogP contribution in [0.1, 0.15) is 0 Å². The number of benzene rings is 2. The number of fused-ring (bicyclic) bond motifs is 2. The van der Waals surface area contributed by atoms with Gasteiger partial charge in [-0.1, -0.05) is 18.2 Å². The first-order chi connectivity index (χ1) is 11.9. The fourth-order valence-electron chi connectivity index (χ4n) is 3.57. The van der Waals surface area contributed by atoms with Crippen LogP contribution in [0.25, 0.3) is 30.6 Å². The van der Waals surface area contributed by atoms with Gasteiger partial charge in [-0.25, -0.2) is 0 Å². The van der Waals surface area contributed by atoms with Crippen molar-refractivity contribution in [2.24, 2.45) is 0 Å². The van der Waals surface area contributed by atoms with Crippen molar-refractivity contribution in [3.8, 4) is 10.4 Å². The summed E-state index contributed by atoms with van der Waals surface area (Å²) >= 11 is 3.73. The Morgan fingerprint density at radius 1 is 0.846 bits per heavy atom. The predicted molar refractivity (Wildman–Crippen MR) is 122 cm³/mol. The fraction of sp³-hybridized carbons (Fsp3) is 0.200. The van der Waals surface area contributed by atoms with Crippen molar-refractivity contribution in [1.82, 2.24) is 5.32 Å². The molecule has 0 amide bonds. The summed E-state index contributed by atoms with van der Waals surface area (Å²) in [5.74, 6) is 0. The molecule has 0 saturated carbocycles. The molecule has 26 heavy (non-hydrogen) atoms. The second kappa shape index (κ2) is 8.15. The minimum atomic E-state index is 0. The van der Waals surface area contributed by atoms with E-state index in [1.807, 2.05) is 22.7 Å². The Labute approximate surface area is 173 Å². The fourth-order valence-corrected chi connectivity index (χ4v) is 5.50. The van der Waals surface area contributed by atoms with E-state index in [-0.39, 0.29) is 24.8 Å². The van der Waals surface area contributed by atoms with E-state index < -0.39 is 0 Å². The third-order valence-electron chi connectivity index (χ3n) is 4.76. The standard InChI is InChI=1S/C20H18N2S2.2ClH/c1-3-14(15-7-12-23-18(15)5-1)20-13-16-17(4-2-6-19(16)24-20)22-10-8-21-9-11-22;;/h1-7,12-13,21H,8-11H2;2*1H. The smallest absolute Gasteiger partial charge is 0.0455 e. The Kier molecular flexibility index (Phi) is 6.10. The van der Waals surface area contributed by atoms with Gasteiger partial charge in [-0.3, -0.25) is 0 Å². The number of nitrogens with one attached hydrogen (secondary N) is 1. The molecule has 136 valence electrons. The molecule has 0 spiro atoms. The second-order valence-corrected chi connectivity index (χ2v) is 8.21. The highest BCUT2D eigenvalue weighted by molar-refractivity contribution is 7.22. The number of hydrogen-bond donors (Lipinski definition) is 1. The first-order valence-corrected chi connectivity index (χ1v) is 10.0. The summed E-state index contributed by atoms with van der Waals surface area (Å²) in [6, 6.07) is 18.0. The molecule has 1 saturated heterocycles. The lowest BCUT2D eigenvalue weighted by molar-refractivity contribution is 0.590. The van der Waals surface area contributed by atoms with Crippen LogP contribution in [0.5, 0.6) is 0 Å². The summed E-state index contributed by atoms with van der Waals surface area (Å²) in [4.78, 5) is 3.89. The van der Waals surface area contributed by atoms with E-state index in [1.165, 1.54) is 36.3 Å². The molecule has 0 radical (unpaired) electrons. The molecule has 3 heterocycles. The summed E-state index contributed by atoms with van der Waals surface area (Å²) in [6.07, 6.45) is 0. The van der Waals surface area contributed by atoms with Gasteiger partial charge < -0.3 is 10.2 Å². The van der Waals surface area contributed by atoms with Gasteiger partial charge in [0.05, 0.1) is 0 Å². The van der Waals surface area contributed by atoms with Gasteiger partial charge >= 0.3 is 0 Å². The average molecular weight is 423 g/mol. The molecule has 0 unspecified atom stereocenters. The van der Waals surface area contributed by atoms with Crippen LogP contribution in [0.2, 0.25) is 0 Å². The lowest BCUT2D eigenvalue weighted by Crippen LogP contribution is -2.43. The maximum Gasteiger partial charge on any atom is 0.0455 e. The SMILES string of the molecule is Cl.Cl.c1cc(-c2cc3c(N4CCNCC4)cccc3s2)c2ccsc2c1. The van der Waals surface area contributed by atoms with Gasteiger partial charge in [0.1, 0.15) is 0 Å². The quantitative estimate of drug-likeness (QED) is 0.423. The minimum Gasteiger partial charge on any atom is -0.368 e. The Morgan fingerprint density at radius 2 is 1.62 bits per heavy atom. The Bertz CT molecular complexity index is 1020. The Balaban J connectivity index is 0.000000980. The van der Waals surface area contributed by atoms with E-state index in [2.05, 4.69) is 64.1 Å². The molecule has 0 aliphatic carbocycles. The Morgan fingerprint density at radius 3 is 2.46 bits per heavy atom. The third-order valence-corrected chi connectivity index (χ3v) is 6.77. The number of thiophene rings is 2. The molecule has 6 heteroatoms. The van der Waals surface area contributed by atoms with Crippen LogP contribution in [0.3, 0.4) is 0 Å². The van der Waals surface area contributed by atoms with Crippen LogP contribution in [0, 0.1) is 0 Å². The van der Waals surface area contributed by atoms with Gasteiger partial charge in [0.25, 0.3) is 0 Å². The molecular weight excluding hydrogens is 403 g/mol. The van der Waals surface area contributed by atoms with Gasteiger partial charge in [0, 0.05) is 62.5 Å². The normalized spacial score (nSPS) is 14.2. The van der Waals surface area contributed by atoms with Gasteiger partial charge in [-0.05, 0) is 35.7 Å². The van der Waals surface area contributed by atoms with Crippen LogP contribution in [0.15, 0.2) is 53.9 Å². The molecule has 4 aromatic rings. The molecule has 1 aliphatic heterocycles. The van der Waals surface area contributed by atoms with Crippen molar-refractivity contribution in [3.05, 3.63) is 53.9 Å². The molecule has 0 atom stereocenters. The van der Waals surface area contributed by atoms with E-state index in [9.17, 15) is 0 Å². The number of anilines is 1. The lowest BCUT2D eigenvalue weighted by atomic mass is 10.1. The van der Waals surface area contributed by atoms with Crippen molar-refractivity contribution < 1.29 is 0 Å². The van der Waals surface area contributed by atoms with Gasteiger partial charge in [-0.2, -0.15) is 0 Å². The van der Waals surface area contributed by atoms with Crippen molar-refractivity contribution in [2.75, 3.05) is 31.1 Å². The van der Waals surface area contributed by atoms with E-state index in [1.54, 1.807) is 0 Å². The van der Waals surface area contributed by atoms with Crippen LogP contribution in [-0.2, 0) is 0 Å². The summed E-state index contributed by atoms with van der Waals surface area (Å²) in [5.41, 5.74) is 2.75. The van der Waals surface area contributed by atoms with Crippen LogP contribution in [0.4, 0.5) is 5.69 Å². The zero-order valence-corrected chi connectivity index (χ0v) is 17.4. The van der Waals surface area contributed by atoms with Crippen molar-refractivity contribution in [2.45, 2.75) is 0 Å². The number of piperazine rings is 1. The molecule has 2 aromatic heterocycles. The second-order valence-electron chi connectivity index (χ2n) is 6.17. The van der Waals surface area contributed by atoms with Gasteiger partial charge in [0.2, 0.25) is 0 Å². The van der Waals surface area contributed by atoms with Crippen LogP contribution >= 0.6 is 47.5 Å². The summed E-state index contributed by atoms with van der Waals surface area (Å²) in [7, 11) is 0. The largest absolute Gasteiger partial charge is 0.368 e. The molecule has 1 fully saturated rings. The molecule has 0 bridgehead atoms. The Hall–Kier alpha value is -1.30. The van der Waals surface area contributed by atoms with E-state index in [0.717, 1.165) is 26.2 Å². The predicted octanol–water partition coefficient (Wildman–Crippen LogP) is 6.04. The third kappa shape index (κ3) is 3.32. The van der Waals surface area contributed by atoms with Crippen LogP contribution in [-0.4, -0.2) is 26.2 Å². The highest BCUT2D eigenvalue weighted by Gasteiger charge is 2.16. The molecule has 2 aromatic carbocycles. The highest BCUT2D eigenvalue weighted by atomic mass is 35.5. The molecule has 2 nitrogen and oxygen atoms in total. The van der Waals surface area contributed by atoms with Crippen molar-refractivity contribution in [3.63, 3.8) is 0 Å². The topological polar surface area (TPSA) is 15.3 Å². The van der Waals surface area contributed by atoms with Crippen molar-refractivity contribution in [1.29, 1.82) is 0 Å². The number of halogens is 2.